The van der Waals surface area contributed by atoms with E-state index in [-0.39, 0.29) is 11.9 Å². The van der Waals surface area contributed by atoms with Gasteiger partial charge in [-0.2, -0.15) is 0 Å². The lowest BCUT2D eigenvalue weighted by Gasteiger charge is -2.24. The minimum Gasteiger partial charge on any atom is -0.490 e. The van der Waals surface area contributed by atoms with Crippen LogP contribution >= 0.6 is 11.3 Å². The quantitative estimate of drug-likeness (QED) is 0.527. The van der Waals surface area contributed by atoms with Gasteiger partial charge in [-0.3, -0.25) is 4.79 Å². The van der Waals surface area contributed by atoms with Crippen LogP contribution in [-0.4, -0.2) is 30.1 Å². The number of thiazole rings is 1. The van der Waals surface area contributed by atoms with E-state index in [2.05, 4.69) is 34.6 Å². The molecule has 0 spiro atoms. The predicted octanol–water partition coefficient (Wildman–Crippen LogP) is 5.06. The summed E-state index contributed by atoms with van der Waals surface area (Å²) in [6.45, 7) is 1.76. The van der Waals surface area contributed by atoms with Crippen molar-refractivity contribution in [2.75, 3.05) is 13.1 Å². The van der Waals surface area contributed by atoms with Crippen molar-refractivity contribution in [2.24, 2.45) is 5.92 Å². The Hall–Kier alpha value is -2.70. The topological polar surface area (TPSA) is 60.5 Å². The molecule has 1 aliphatic heterocycles. The number of aromatic nitrogens is 1. The first-order chi connectivity index (χ1) is 15.2. The number of esters is 1. The maximum absolute atomic E-state index is 11.9. The number of nitrogens with zero attached hydrogens (tertiary/aromatic N) is 1. The van der Waals surface area contributed by atoms with E-state index in [1.165, 1.54) is 25.7 Å². The normalized spacial score (nSPS) is 16.8. The molecule has 0 radical (unpaired) electrons. The van der Waals surface area contributed by atoms with Crippen molar-refractivity contribution in [2.45, 2.75) is 38.4 Å². The Morgan fingerprint density at radius 3 is 2.39 bits per heavy atom. The number of carbonyl (C=O) groups excluding carboxylic acids is 1. The van der Waals surface area contributed by atoms with Gasteiger partial charge in [0, 0.05) is 24.8 Å². The highest BCUT2D eigenvalue weighted by molar-refractivity contribution is 7.18. The molecular formula is C25H26N2O3S. The van der Waals surface area contributed by atoms with E-state index < -0.39 is 0 Å². The minimum atomic E-state index is -0.118. The summed E-state index contributed by atoms with van der Waals surface area (Å²) in [5, 5.41) is 4.06. The van der Waals surface area contributed by atoms with Crippen molar-refractivity contribution in [3.8, 4) is 26.8 Å². The van der Waals surface area contributed by atoms with Gasteiger partial charge in [0.2, 0.25) is 0 Å². The molecule has 6 heteroatoms. The molecule has 3 aromatic rings. The number of rotatable bonds is 7. The summed E-state index contributed by atoms with van der Waals surface area (Å²) in [5.74, 6) is 0.841. The Morgan fingerprint density at radius 1 is 1.00 bits per heavy atom. The molecule has 160 valence electrons. The molecule has 5 nitrogen and oxygen atoms in total. The lowest BCUT2D eigenvalue weighted by atomic mass is 10.0. The lowest BCUT2D eigenvalue weighted by molar-refractivity contribution is -0.151. The first-order valence-electron chi connectivity index (χ1n) is 10.9. The van der Waals surface area contributed by atoms with Crippen LogP contribution in [0.5, 0.6) is 5.75 Å². The summed E-state index contributed by atoms with van der Waals surface area (Å²) in [4.78, 5) is 17.6. The number of nitrogens with one attached hydrogen (secondary N) is 1. The standard InChI is InChI=1S/C25H26N2O3S/c28-25(20-13-26-14-20)29-16-17-5-7-19(8-6-17)24-27-15-23(31-24)18-9-11-22(12-10-18)30-21-3-1-2-4-21/h5-12,15,20-21,26H,1-4,13-14,16H2. The lowest BCUT2D eigenvalue weighted by Crippen LogP contribution is -2.47. The van der Waals surface area contributed by atoms with Crippen LogP contribution in [0.3, 0.4) is 0 Å². The van der Waals surface area contributed by atoms with Gasteiger partial charge in [-0.1, -0.05) is 24.3 Å². The summed E-state index contributed by atoms with van der Waals surface area (Å²) in [7, 11) is 0. The Kier molecular flexibility index (Phi) is 6.00. The highest BCUT2D eigenvalue weighted by atomic mass is 32.1. The van der Waals surface area contributed by atoms with Gasteiger partial charge in [0.1, 0.15) is 17.4 Å². The largest absolute Gasteiger partial charge is 0.490 e. The average Bonchev–Trinajstić information content (AvgIpc) is 3.44. The summed E-state index contributed by atoms with van der Waals surface area (Å²) >= 11 is 1.67. The van der Waals surface area contributed by atoms with Crippen LogP contribution in [0.2, 0.25) is 0 Å². The third kappa shape index (κ3) is 4.81. The van der Waals surface area contributed by atoms with Crippen molar-refractivity contribution < 1.29 is 14.3 Å². The smallest absolute Gasteiger partial charge is 0.311 e. The van der Waals surface area contributed by atoms with E-state index in [9.17, 15) is 4.79 Å². The van der Waals surface area contributed by atoms with Crippen molar-refractivity contribution in [1.82, 2.24) is 10.3 Å². The molecule has 1 aliphatic carbocycles. The number of benzene rings is 2. The summed E-state index contributed by atoms with van der Waals surface area (Å²) in [6.07, 6.45) is 7.18. The van der Waals surface area contributed by atoms with Crippen LogP contribution in [0.4, 0.5) is 0 Å². The first-order valence-corrected chi connectivity index (χ1v) is 11.8. The summed E-state index contributed by atoms with van der Waals surface area (Å²) in [6, 6.07) is 16.4. The van der Waals surface area contributed by atoms with Gasteiger partial charge < -0.3 is 14.8 Å². The number of carbonyl (C=O) groups is 1. The molecule has 2 aromatic carbocycles. The van der Waals surface area contributed by atoms with Gasteiger partial charge >= 0.3 is 5.97 Å². The Morgan fingerprint density at radius 2 is 1.71 bits per heavy atom. The second kappa shape index (κ2) is 9.20. The molecule has 1 aromatic heterocycles. The maximum Gasteiger partial charge on any atom is 0.311 e. The number of hydrogen-bond acceptors (Lipinski definition) is 6. The molecule has 5 rings (SSSR count). The molecule has 1 saturated heterocycles. The molecule has 1 saturated carbocycles. The second-order valence-corrected chi connectivity index (χ2v) is 9.27. The number of ether oxygens (including phenoxy) is 2. The van der Waals surface area contributed by atoms with Crippen molar-refractivity contribution in [3.05, 3.63) is 60.3 Å². The molecule has 0 unspecified atom stereocenters. The van der Waals surface area contributed by atoms with Crippen LogP contribution in [0, 0.1) is 5.92 Å². The average molecular weight is 435 g/mol. The third-order valence-electron chi connectivity index (χ3n) is 5.95. The van der Waals surface area contributed by atoms with E-state index in [1.54, 1.807) is 11.3 Å². The minimum absolute atomic E-state index is 0.0105. The summed E-state index contributed by atoms with van der Waals surface area (Å²) in [5.41, 5.74) is 3.20. The van der Waals surface area contributed by atoms with Crippen molar-refractivity contribution >= 4 is 17.3 Å². The third-order valence-corrected chi connectivity index (χ3v) is 7.04. The predicted molar refractivity (Wildman–Crippen MR) is 122 cm³/mol. The molecule has 31 heavy (non-hydrogen) atoms. The zero-order chi connectivity index (χ0) is 21.0. The fraction of sp³-hybridized carbons (Fsp3) is 0.360. The highest BCUT2D eigenvalue weighted by Crippen LogP contribution is 2.33. The molecule has 1 N–H and O–H groups in total. The first kappa shape index (κ1) is 20.2. The Bertz CT molecular complexity index is 1020. The van der Waals surface area contributed by atoms with E-state index in [1.807, 2.05) is 30.5 Å². The molecule has 2 fully saturated rings. The summed E-state index contributed by atoms with van der Waals surface area (Å²) < 4.78 is 11.5. The van der Waals surface area contributed by atoms with Gasteiger partial charge in [-0.25, -0.2) is 4.98 Å². The zero-order valence-corrected chi connectivity index (χ0v) is 18.2. The van der Waals surface area contributed by atoms with Crippen LogP contribution in [0.15, 0.2) is 54.7 Å². The monoisotopic (exact) mass is 434 g/mol. The fourth-order valence-electron chi connectivity index (χ4n) is 3.91. The van der Waals surface area contributed by atoms with Crippen LogP contribution in [0.1, 0.15) is 31.2 Å². The molecule has 0 atom stereocenters. The SMILES string of the molecule is O=C(OCc1ccc(-c2ncc(-c3ccc(OC4CCCC4)cc3)s2)cc1)C1CNC1. The van der Waals surface area contributed by atoms with Gasteiger partial charge in [-0.15, -0.1) is 11.3 Å². The van der Waals surface area contributed by atoms with E-state index in [0.717, 1.165) is 45.4 Å². The Balaban J connectivity index is 1.20. The maximum atomic E-state index is 11.9. The van der Waals surface area contributed by atoms with Gasteiger partial charge in [0.25, 0.3) is 0 Å². The molecule has 2 heterocycles. The van der Waals surface area contributed by atoms with Gasteiger partial charge in [0.05, 0.1) is 16.9 Å². The van der Waals surface area contributed by atoms with E-state index in [0.29, 0.717) is 12.7 Å². The zero-order valence-electron chi connectivity index (χ0n) is 17.4. The van der Waals surface area contributed by atoms with Crippen molar-refractivity contribution in [3.63, 3.8) is 0 Å². The highest BCUT2D eigenvalue weighted by Gasteiger charge is 2.26. The molecule has 2 aliphatic rings. The fourth-order valence-corrected chi connectivity index (χ4v) is 4.84. The molecule has 0 amide bonds. The Labute approximate surface area is 186 Å². The van der Waals surface area contributed by atoms with Crippen LogP contribution in [0.25, 0.3) is 21.0 Å². The van der Waals surface area contributed by atoms with Crippen LogP contribution in [-0.2, 0) is 16.1 Å². The second-order valence-electron chi connectivity index (χ2n) is 8.24. The molecular weight excluding hydrogens is 408 g/mol. The molecule has 0 bridgehead atoms. The van der Waals surface area contributed by atoms with E-state index in [4.69, 9.17) is 9.47 Å². The number of hydrogen-bond donors (Lipinski definition) is 1. The van der Waals surface area contributed by atoms with Crippen molar-refractivity contribution in [1.29, 1.82) is 0 Å². The van der Waals surface area contributed by atoms with Gasteiger partial charge in [0.15, 0.2) is 0 Å². The van der Waals surface area contributed by atoms with Gasteiger partial charge in [-0.05, 0) is 61.1 Å². The van der Waals surface area contributed by atoms with E-state index >= 15 is 0 Å². The van der Waals surface area contributed by atoms with Crippen LogP contribution < -0.4 is 10.1 Å².